The number of carbonyl (C=O) groups is 1. The molecular weight excluding hydrogens is 502 g/mol. The van der Waals surface area contributed by atoms with E-state index in [-0.39, 0.29) is 17.1 Å². The van der Waals surface area contributed by atoms with E-state index in [4.69, 9.17) is 4.74 Å². The summed E-state index contributed by atoms with van der Waals surface area (Å²) >= 11 is 0. The quantitative estimate of drug-likeness (QED) is 0.403. The highest BCUT2D eigenvalue weighted by Gasteiger charge is 2.39. The Balaban J connectivity index is 1.59. The highest BCUT2D eigenvalue weighted by Crippen LogP contribution is 2.31. The Morgan fingerprint density at radius 3 is 2.62 bits per heavy atom. The van der Waals surface area contributed by atoms with Crippen molar-refractivity contribution in [1.82, 2.24) is 20.1 Å². The second-order valence-electron chi connectivity index (χ2n) is 9.38. The molecule has 1 fully saturated rings. The monoisotopic (exact) mass is 526 g/mol. The average Bonchev–Trinajstić information content (AvgIpc) is 3.35. The molecule has 0 aliphatic carbocycles. The molecule has 3 heterocycles. The Labute approximate surface area is 212 Å². The maximum atomic E-state index is 13.6. The standard InChI is InChI=1S/C26H24F2N4O4S/c1-16(27)36-21-5-3-4-20(13-21)32-24-22(23(31-32)17-6-8-19(28)9-7-17)12-18(14-29-24)25(33)30-26(2)10-11-37(34,35)15-26/h3-9,12-14,16H,10-11,15H2,1-2H3,(H,30,33)/t16?,26-/m0/s1. The van der Waals surface area contributed by atoms with E-state index >= 15 is 0 Å². The first-order valence-corrected chi connectivity index (χ1v) is 13.4. The number of halogens is 2. The van der Waals surface area contributed by atoms with Crippen LogP contribution in [0.25, 0.3) is 28.0 Å². The number of carbonyl (C=O) groups excluding carboxylic acids is 1. The maximum Gasteiger partial charge on any atom is 0.253 e. The molecule has 1 amide bonds. The zero-order valence-electron chi connectivity index (χ0n) is 20.1. The predicted octanol–water partition coefficient (Wildman–Crippen LogP) is 4.23. The number of hydrogen-bond donors (Lipinski definition) is 1. The van der Waals surface area contributed by atoms with Gasteiger partial charge in [-0.1, -0.05) is 6.07 Å². The lowest BCUT2D eigenvalue weighted by atomic mass is 10.0. The zero-order chi connectivity index (χ0) is 26.4. The number of alkyl halides is 1. The summed E-state index contributed by atoms with van der Waals surface area (Å²) in [6.07, 6.45) is 0.210. The van der Waals surface area contributed by atoms with Gasteiger partial charge in [-0.2, -0.15) is 5.10 Å². The average molecular weight is 527 g/mol. The lowest BCUT2D eigenvalue weighted by molar-refractivity contribution is 0.0860. The van der Waals surface area contributed by atoms with Crippen molar-refractivity contribution in [2.24, 2.45) is 0 Å². The van der Waals surface area contributed by atoms with Gasteiger partial charge in [0, 0.05) is 30.1 Å². The SMILES string of the molecule is CC(F)Oc1cccc(-n2nc(-c3ccc(F)cc3)c3cc(C(=O)N[C@@]4(C)CCS(=O)(=O)C4)cnc32)c1. The first kappa shape index (κ1) is 24.8. The van der Waals surface area contributed by atoms with Crippen LogP contribution in [0, 0.1) is 5.82 Å². The summed E-state index contributed by atoms with van der Waals surface area (Å²) < 4.78 is 57.6. The molecule has 1 unspecified atom stereocenters. The minimum Gasteiger partial charge on any atom is -0.461 e. The lowest BCUT2D eigenvalue weighted by Gasteiger charge is -2.23. The first-order chi connectivity index (χ1) is 17.5. The van der Waals surface area contributed by atoms with Crippen molar-refractivity contribution in [2.45, 2.75) is 32.2 Å². The van der Waals surface area contributed by atoms with E-state index in [9.17, 15) is 22.0 Å². The number of fused-ring (bicyclic) bond motifs is 1. The van der Waals surface area contributed by atoms with Crippen LogP contribution in [0.4, 0.5) is 8.78 Å². The zero-order valence-corrected chi connectivity index (χ0v) is 20.9. The number of ether oxygens (including phenoxy) is 1. The van der Waals surface area contributed by atoms with Crippen molar-refractivity contribution in [3.63, 3.8) is 0 Å². The second kappa shape index (κ2) is 9.22. The number of sulfone groups is 1. The highest BCUT2D eigenvalue weighted by atomic mass is 32.2. The van der Waals surface area contributed by atoms with E-state index in [0.717, 1.165) is 0 Å². The van der Waals surface area contributed by atoms with Gasteiger partial charge in [0.05, 0.1) is 28.3 Å². The number of pyridine rings is 1. The van der Waals surface area contributed by atoms with E-state index in [2.05, 4.69) is 15.4 Å². The van der Waals surface area contributed by atoms with Gasteiger partial charge in [-0.05, 0) is 55.8 Å². The normalized spacial score (nSPS) is 19.6. The second-order valence-corrected chi connectivity index (χ2v) is 11.6. The summed E-state index contributed by atoms with van der Waals surface area (Å²) in [6, 6.07) is 14.1. The van der Waals surface area contributed by atoms with Gasteiger partial charge in [0.15, 0.2) is 15.5 Å². The number of nitrogens with one attached hydrogen (secondary N) is 1. The van der Waals surface area contributed by atoms with Crippen molar-refractivity contribution in [1.29, 1.82) is 0 Å². The number of benzene rings is 2. The van der Waals surface area contributed by atoms with Gasteiger partial charge in [0.1, 0.15) is 17.3 Å². The fourth-order valence-electron chi connectivity index (χ4n) is 4.46. The van der Waals surface area contributed by atoms with E-state index in [1.807, 2.05) is 0 Å². The first-order valence-electron chi connectivity index (χ1n) is 11.6. The van der Waals surface area contributed by atoms with E-state index in [1.54, 1.807) is 49.4 Å². The summed E-state index contributed by atoms with van der Waals surface area (Å²) in [5.41, 5.74) is 1.37. The Bertz CT molecular complexity index is 1600. The fourth-order valence-corrected chi connectivity index (χ4v) is 6.55. The molecule has 11 heteroatoms. The lowest BCUT2D eigenvalue weighted by Crippen LogP contribution is -2.46. The van der Waals surface area contributed by atoms with Crippen molar-refractivity contribution < 1.29 is 26.7 Å². The van der Waals surface area contributed by atoms with E-state index in [1.165, 1.54) is 29.9 Å². The largest absolute Gasteiger partial charge is 0.461 e. The third kappa shape index (κ3) is 5.17. The molecule has 1 aliphatic rings. The third-order valence-corrected chi connectivity index (χ3v) is 8.08. The third-order valence-electron chi connectivity index (χ3n) is 6.18. The number of nitrogens with zero attached hydrogens (tertiary/aromatic N) is 3. The van der Waals surface area contributed by atoms with Crippen LogP contribution in [-0.4, -0.2) is 52.5 Å². The van der Waals surface area contributed by atoms with Gasteiger partial charge in [0.2, 0.25) is 6.36 Å². The molecule has 2 aromatic heterocycles. The van der Waals surface area contributed by atoms with Gasteiger partial charge in [-0.15, -0.1) is 0 Å². The molecule has 8 nitrogen and oxygen atoms in total. The molecule has 0 saturated carbocycles. The summed E-state index contributed by atoms with van der Waals surface area (Å²) in [5.74, 6) is -0.673. The van der Waals surface area contributed by atoms with Gasteiger partial charge < -0.3 is 10.1 Å². The number of hydrogen-bond acceptors (Lipinski definition) is 6. The van der Waals surface area contributed by atoms with Crippen LogP contribution in [0.15, 0.2) is 60.8 Å². The molecular formula is C26H24F2N4O4S. The summed E-state index contributed by atoms with van der Waals surface area (Å²) in [7, 11) is -3.21. The fraction of sp³-hybridized carbons (Fsp3) is 0.269. The molecule has 192 valence electrons. The molecule has 1 saturated heterocycles. The van der Waals surface area contributed by atoms with Crippen molar-refractivity contribution in [3.8, 4) is 22.7 Å². The van der Waals surface area contributed by atoms with Crippen LogP contribution in [-0.2, 0) is 9.84 Å². The molecule has 1 N–H and O–H groups in total. The van der Waals surface area contributed by atoms with E-state index in [0.29, 0.717) is 40.1 Å². The van der Waals surface area contributed by atoms with Crippen LogP contribution >= 0.6 is 0 Å². The van der Waals surface area contributed by atoms with Gasteiger partial charge in [-0.3, -0.25) is 4.79 Å². The molecule has 1 aliphatic heterocycles. The van der Waals surface area contributed by atoms with Crippen LogP contribution in [0.3, 0.4) is 0 Å². The smallest absolute Gasteiger partial charge is 0.253 e. The van der Waals surface area contributed by atoms with Crippen molar-refractivity contribution in [3.05, 3.63) is 72.2 Å². The molecule has 5 rings (SSSR count). The maximum absolute atomic E-state index is 13.6. The van der Waals surface area contributed by atoms with Gasteiger partial charge >= 0.3 is 0 Å². The Hall–Kier alpha value is -3.86. The Morgan fingerprint density at radius 2 is 1.95 bits per heavy atom. The van der Waals surface area contributed by atoms with Crippen LogP contribution in [0.2, 0.25) is 0 Å². The van der Waals surface area contributed by atoms with E-state index < -0.39 is 33.5 Å². The Morgan fingerprint density at radius 1 is 1.19 bits per heavy atom. The summed E-state index contributed by atoms with van der Waals surface area (Å²) in [4.78, 5) is 17.6. The molecule has 0 bridgehead atoms. The summed E-state index contributed by atoms with van der Waals surface area (Å²) in [6.45, 7) is 2.98. The van der Waals surface area contributed by atoms with Crippen LogP contribution < -0.4 is 10.1 Å². The Kier molecular flexibility index (Phi) is 6.18. The summed E-state index contributed by atoms with van der Waals surface area (Å²) in [5, 5.41) is 8.05. The van der Waals surface area contributed by atoms with Crippen molar-refractivity contribution in [2.75, 3.05) is 11.5 Å². The predicted molar refractivity (Wildman–Crippen MR) is 135 cm³/mol. The van der Waals surface area contributed by atoms with Crippen LogP contribution in [0.1, 0.15) is 30.6 Å². The molecule has 0 spiro atoms. The van der Waals surface area contributed by atoms with Crippen LogP contribution in [0.5, 0.6) is 5.75 Å². The number of aromatic nitrogens is 3. The topological polar surface area (TPSA) is 103 Å². The van der Waals surface area contributed by atoms with Gasteiger partial charge in [-0.25, -0.2) is 26.9 Å². The van der Waals surface area contributed by atoms with Gasteiger partial charge in [0.25, 0.3) is 5.91 Å². The number of amides is 1. The highest BCUT2D eigenvalue weighted by molar-refractivity contribution is 7.91. The molecule has 0 radical (unpaired) electrons. The molecule has 2 atom stereocenters. The molecule has 4 aromatic rings. The molecule has 37 heavy (non-hydrogen) atoms. The molecule has 2 aromatic carbocycles. The number of rotatable bonds is 6. The van der Waals surface area contributed by atoms with Crippen molar-refractivity contribution >= 4 is 26.8 Å². The minimum absolute atomic E-state index is 0.0203. The minimum atomic E-state index is -3.21.